The Bertz CT molecular complexity index is 203. The molecule has 0 spiro atoms. The van der Waals surface area contributed by atoms with E-state index < -0.39 is 0 Å². The average molecular weight is 166 g/mol. The lowest BCUT2D eigenvalue weighted by Gasteiger charge is -2.37. The number of likely N-dealkylation sites (N-methyl/N-ethyl adjacent to an activating group) is 1. The summed E-state index contributed by atoms with van der Waals surface area (Å²) in [6.07, 6.45) is 5.29. The van der Waals surface area contributed by atoms with E-state index in [1.165, 1.54) is 0 Å². The SMILES string of the molecule is C#CCC(=O)N(CC)C1CNC1. The van der Waals surface area contributed by atoms with Crippen LogP contribution in [0.25, 0.3) is 0 Å². The number of nitrogens with zero attached hydrogens (tertiary/aromatic N) is 1. The number of hydrogen-bond acceptors (Lipinski definition) is 2. The van der Waals surface area contributed by atoms with Gasteiger partial charge in [0, 0.05) is 19.6 Å². The predicted molar refractivity (Wildman–Crippen MR) is 47.5 cm³/mol. The molecular weight excluding hydrogens is 152 g/mol. The highest BCUT2D eigenvalue weighted by Crippen LogP contribution is 2.05. The summed E-state index contributed by atoms with van der Waals surface area (Å²) in [6.45, 7) is 4.55. The summed E-state index contributed by atoms with van der Waals surface area (Å²) in [5.74, 6) is 2.45. The average Bonchev–Trinajstić information content (AvgIpc) is 1.96. The van der Waals surface area contributed by atoms with E-state index in [0.29, 0.717) is 6.04 Å². The Morgan fingerprint density at radius 1 is 1.75 bits per heavy atom. The topological polar surface area (TPSA) is 32.3 Å². The van der Waals surface area contributed by atoms with Gasteiger partial charge in [-0.25, -0.2) is 0 Å². The van der Waals surface area contributed by atoms with Crippen LogP contribution in [0.1, 0.15) is 13.3 Å². The molecule has 0 aromatic heterocycles. The Hall–Kier alpha value is -1.01. The van der Waals surface area contributed by atoms with Crippen molar-refractivity contribution in [3.05, 3.63) is 0 Å². The lowest BCUT2D eigenvalue weighted by atomic mass is 10.1. The second-order valence-corrected chi connectivity index (χ2v) is 2.87. The lowest BCUT2D eigenvalue weighted by Crippen LogP contribution is -2.58. The summed E-state index contributed by atoms with van der Waals surface area (Å²) >= 11 is 0. The molecule has 0 saturated carbocycles. The first-order valence-corrected chi connectivity index (χ1v) is 4.23. The molecule has 1 amide bonds. The normalized spacial score (nSPS) is 16.3. The van der Waals surface area contributed by atoms with Gasteiger partial charge in [-0.1, -0.05) is 5.92 Å². The van der Waals surface area contributed by atoms with Crippen LogP contribution in [-0.2, 0) is 4.79 Å². The van der Waals surface area contributed by atoms with Crippen LogP contribution < -0.4 is 5.32 Å². The molecule has 12 heavy (non-hydrogen) atoms. The van der Waals surface area contributed by atoms with Crippen LogP contribution in [0.5, 0.6) is 0 Å². The van der Waals surface area contributed by atoms with Gasteiger partial charge in [0.15, 0.2) is 0 Å². The van der Waals surface area contributed by atoms with Crippen LogP contribution in [0, 0.1) is 12.3 Å². The molecule has 1 fully saturated rings. The van der Waals surface area contributed by atoms with Gasteiger partial charge in [0.1, 0.15) is 0 Å². The molecule has 0 atom stereocenters. The summed E-state index contributed by atoms with van der Waals surface area (Å²) in [5, 5.41) is 3.13. The molecule has 1 N–H and O–H groups in total. The second kappa shape index (κ2) is 4.13. The van der Waals surface area contributed by atoms with Gasteiger partial charge in [0.25, 0.3) is 0 Å². The molecule has 0 unspecified atom stereocenters. The van der Waals surface area contributed by atoms with Gasteiger partial charge in [-0.05, 0) is 6.92 Å². The summed E-state index contributed by atoms with van der Waals surface area (Å²) in [6, 6.07) is 0.371. The van der Waals surface area contributed by atoms with Crippen molar-refractivity contribution in [3.8, 4) is 12.3 Å². The number of hydrogen-bond donors (Lipinski definition) is 1. The molecule has 1 saturated heterocycles. The zero-order chi connectivity index (χ0) is 8.97. The third kappa shape index (κ3) is 1.77. The van der Waals surface area contributed by atoms with E-state index in [4.69, 9.17) is 6.42 Å². The zero-order valence-corrected chi connectivity index (χ0v) is 7.34. The van der Waals surface area contributed by atoms with Crippen molar-refractivity contribution in [1.29, 1.82) is 0 Å². The molecular formula is C9H14N2O. The maximum Gasteiger partial charge on any atom is 0.234 e. The third-order valence-corrected chi connectivity index (χ3v) is 2.12. The molecule has 0 radical (unpaired) electrons. The van der Waals surface area contributed by atoms with E-state index in [2.05, 4.69) is 11.2 Å². The molecule has 66 valence electrons. The molecule has 0 aromatic carbocycles. The number of terminal acetylenes is 1. The maximum absolute atomic E-state index is 11.4. The van der Waals surface area contributed by atoms with Crippen LogP contribution in [0.15, 0.2) is 0 Å². The quantitative estimate of drug-likeness (QED) is 0.590. The number of rotatable bonds is 3. The molecule has 0 aliphatic carbocycles. The summed E-state index contributed by atoms with van der Waals surface area (Å²) < 4.78 is 0. The van der Waals surface area contributed by atoms with E-state index in [9.17, 15) is 4.79 Å². The van der Waals surface area contributed by atoms with Crippen molar-refractivity contribution in [2.75, 3.05) is 19.6 Å². The van der Waals surface area contributed by atoms with Gasteiger partial charge in [0.05, 0.1) is 12.5 Å². The highest BCUT2D eigenvalue weighted by molar-refractivity contribution is 5.79. The van der Waals surface area contributed by atoms with Crippen LogP contribution in [0.3, 0.4) is 0 Å². The molecule has 1 rings (SSSR count). The van der Waals surface area contributed by atoms with E-state index in [-0.39, 0.29) is 12.3 Å². The van der Waals surface area contributed by atoms with E-state index in [0.717, 1.165) is 19.6 Å². The van der Waals surface area contributed by atoms with Crippen LogP contribution in [0.4, 0.5) is 0 Å². The smallest absolute Gasteiger partial charge is 0.234 e. The van der Waals surface area contributed by atoms with E-state index in [1.54, 1.807) is 0 Å². The van der Waals surface area contributed by atoms with Gasteiger partial charge in [0.2, 0.25) is 5.91 Å². The maximum atomic E-state index is 11.4. The predicted octanol–water partition coefficient (Wildman–Crippen LogP) is -0.170. The van der Waals surface area contributed by atoms with Crippen LogP contribution >= 0.6 is 0 Å². The van der Waals surface area contributed by atoms with Gasteiger partial charge in [-0.2, -0.15) is 0 Å². The highest BCUT2D eigenvalue weighted by Gasteiger charge is 2.26. The third-order valence-electron chi connectivity index (χ3n) is 2.12. The van der Waals surface area contributed by atoms with Crippen molar-refractivity contribution in [2.45, 2.75) is 19.4 Å². The van der Waals surface area contributed by atoms with Gasteiger partial charge in [-0.3, -0.25) is 4.79 Å². The fourth-order valence-electron chi connectivity index (χ4n) is 1.32. The van der Waals surface area contributed by atoms with Crippen molar-refractivity contribution in [3.63, 3.8) is 0 Å². The monoisotopic (exact) mass is 166 g/mol. The summed E-state index contributed by atoms with van der Waals surface area (Å²) in [7, 11) is 0. The number of nitrogens with one attached hydrogen (secondary N) is 1. The summed E-state index contributed by atoms with van der Waals surface area (Å²) in [4.78, 5) is 13.2. The molecule has 1 aliphatic heterocycles. The Kier molecular flexibility index (Phi) is 3.12. The fraction of sp³-hybridized carbons (Fsp3) is 0.667. The molecule has 0 bridgehead atoms. The van der Waals surface area contributed by atoms with Crippen molar-refractivity contribution in [1.82, 2.24) is 10.2 Å². The van der Waals surface area contributed by atoms with E-state index >= 15 is 0 Å². The zero-order valence-electron chi connectivity index (χ0n) is 7.34. The second-order valence-electron chi connectivity index (χ2n) is 2.87. The number of carbonyl (C=O) groups excluding carboxylic acids is 1. The van der Waals surface area contributed by atoms with Gasteiger partial charge >= 0.3 is 0 Å². The number of carbonyl (C=O) groups is 1. The molecule has 1 aliphatic rings. The highest BCUT2D eigenvalue weighted by atomic mass is 16.2. The van der Waals surface area contributed by atoms with Crippen LogP contribution in [0.2, 0.25) is 0 Å². The molecule has 3 heteroatoms. The fourth-order valence-corrected chi connectivity index (χ4v) is 1.32. The van der Waals surface area contributed by atoms with Gasteiger partial charge in [-0.15, -0.1) is 6.42 Å². The minimum atomic E-state index is 0.0755. The van der Waals surface area contributed by atoms with Crippen LogP contribution in [-0.4, -0.2) is 36.5 Å². The van der Waals surface area contributed by atoms with E-state index in [1.807, 2.05) is 11.8 Å². The first-order valence-electron chi connectivity index (χ1n) is 4.23. The lowest BCUT2D eigenvalue weighted by molar-refractivity contribution is -0.133. The largest absolute Gasteiger partial charge is 0.337 e. The molecule has 1 heterocycles. The first-order chi connectivity index (χ1) is 5.79. The Labute approximate surface area is 73.1 Å². The van der Waals surface area contributed by atoms with Crippen molar-refractivity contribution < 1.29 is 4.79 Å². The first kappa shape index (κ1) is 9.08. The molecule has 3 nitrogen and oxygen atoms in total. The minimum absolute atomic E-state index is 0.0755. The Morgan fingerprint density at radius 2 is 2.42 bits per heavy atom. The Balaban J connectivity index is 2.43. The standard InChI is InChI=1S/C9H14N2O/c1-3-5-9(12)11(4-2)8-6-10-7-8/h1,8,10H,4-7H2,2H3. The number of amides is 1. The van der Waals surface area contributed by atoms with Crippen molar-refractivity contribution >= 4 is 5.91 Å². The van der Waals surface area contributed by atoms with Gasteiger partial charge < -0.3 is 10.2 Å². The molecule has 0 aromatic rings. The summed E-state index contributed by atoms with van der Waals surface area (Å²) in [5.41, 5.74) is 0. The minimum Gasteiger partial charge on any atom is -0.337 e. The Morgan fingerprint density at radius 3 is 2.75 bits per heavy atom. The van der Waals surface area contributed by atoms with Crippen molar-refractivity contribution in [2.24, 2.45) is 0 Å².